The van der Waals surface area contributed by atoms with Gasteiger partial charge in [-0.05, 0) is 39.5 Å². The van der Waals surface area contributed by atoms with Crippen molar-refractivity contribution < 1.29 is 14.6 Å². The molecule has 0 saturated carbocycles. The van der Waals surface area contributed by atoms with E-state index in [1.54, 1.807) is 6.08 Å². The van der Waals surface area contributed by atoms with E-state index in [4.69, 9.17) is 9.84 Å². The summed E-state index contributed by atoms with van der Waals surface area (Å²) in [7, 11) is 0. The van der Waals surface area contributed by atoms with Crippen LogP contribution in [-0.2, 0) is 4.74 Å². The maximum absolute atomic E-state index is 11.3. The molecule has 0 spiro atoms. The highest BCUT2D eigenvalue weighted by Gasteiger charge is 2.16. The number of rotatable bonds is 6. The first-order valence-electron chi connectivity index (χ1n) is 5.57. The van der Waals surface area contributed by atoms with Crippen LogP contribution in [0.5, 0.6) is 0 Å². The van der Waals surface area contributed by atoms with Crippen molar-refractivity contribution in [1.82, 2.24) is 5.32 Å². The van der Waals surface area contributed by atoms with Crippen LogP contribution in [0.3, 0.4) is 0 Å². The number of ether oxygens (including phenoxy) is 1. The molecular formula is C12H23NO3. The summed E-state index contributed by atoms with van der Waals surface area (Å²) in [5.41, 5.74) is -0.477. The van der Waals surface area contributed by atoms with E-state index >= 15 is 0 Å². The normalized spacial score (nSPS) is 13.0. The third kappa shape index (κ3) is 8.29. The molecule has 0 aliphatic rings. The van der Waals surface area contributed by atoms with Crippen molar-refractivity contribution in [2.75, 3.05) is 13.2 Å². The van der Waals surface area contributed by atoms with Gasteiger partial charge in [-0.3, -0.25) is 0 Å². The molecule has 0 heterocycles. The molecule has 0 rings (SSSR count). The Kier molecular flexibility index (Phi) is 6.81. The molecule has 4 nitrogen and oxygen atoms in total. The van der Waals surface area contributed by atoms with E-state index in [1.165, 1.54) is 0 Å². The van der Waals surface area contributed by atoms with Gasteiger partial charge in [0.2, 0.25) is 0 Å². The van der Waals surface area contributed by atoms with Crippen LogP contribution >= 0.6 is 0 Å². The SMILES string of the molecule is C=CCC(CCO)CNC(=O)OC(C)(C)C. The van der Waals surface area contributed by atoms with Crippen molar-refractivity contribution in [3.8, 4) is 0 Å². The number of allylic oxidation sites excluding steroid dienone is 1. The summed E-state index contributed by atoms with van der Waals surface area (Å²) in [6, 6.07) is 0. The Morgan fingerprint density at radius 3 is 2.62 bits per heavy atom. The first-order valence-corrected chi connectivity index (χ1v) is 5.57. The molecule has 2 N–H and O–H groups in total. The van der Waals surface area contributed by atoms with Crippen LogP contribution in [0, 0.1) is 5.92 Å². The van der Waals surface area contributed by atoms with Gasteiger partial charge in [-0.1, -0.05) is 6.08 Å². The van der Waals surface area contributed by atoms with Crippen molar-refractivity contribution >= 4 is 6.09 Å². The number of hydrogen-bond acceptors (Lipinski definition) is 3. The minimum Gasteiger partial charge on any atom is -0.444 e. The zero-order valence-electron chi connectivity index (χ0n) is 10.5. The largest absolute Gasteiger partial charge is 0.444 e. The van der Waals surface area contributed by atoms with Gasteiger partial charge in [0.1, 0.15) is 5.60 Å². The number of nitrogens with one attached hydrogen (secondary N) is 1. The van der Waals surface area contributed by atoms with Gasteiger partial charge in [-0.15, -0.1) is 6.58 Å². The number of aliphatic hydroxyl groups excluding tert-OH is 1. The molecular weight excluding hydrogens is 206 g/mol. The summed E-state index contributed by atoms with van der Waals surface area (Å²) in [5.74, 6) is 0.218. The molecule has 1 unspecified atom stereocenters. The summed E-state index contributed by atoms with van der Waals surface area (Å²) in [6.45, 7) is 9.73. The van der Waals surface area contributed by atoms with Crippen LogP contribution in [0.15, 0.2) is 12.7 Å². The van der Waals surface area contributed by atoms with E-state index in [1.807, 2.05) is 20.8 Å². The quantitative estimate of drug-likeness (QED) is 0.686. The molecule has 0 aliphatic carbocycles. The Morgan fingerprint density at radius 1 is 1.56 bits per heavy atom. The molecule has 0 fully saturated rings. The van der Waals surface area contributed by atoms with Crippen molar-refractivity contribution in [2.45, 2.75) is 39.2 Å². The Balaban J connectivity index is 3.91. The lowest BCUT2D eigenvalue weighted by Crippen LogP contribution is -2.35. The minimum atomic E-state index is -0.477. The van der Waals surface area contributed by atoms with E-state index in [9.17, 15) is 4.79 Å². The summed E-state index contributed by atoms with van der Waals surface area (Å²) in [4.78, 5) is 11.3. The van der Waals surface area contributed by atoms with Crippen LogP contribution in [-0.4, -0.2) is 30.0 Å². The smallest absolute Gasteiger partial charge is 0.407 e. The van der Waals surface area contributed by atoms with Crippen molar-refractivity contribution in [3.63, 3.8) is 0 Å². The highest BCUT2D eigenvalue weighted by Crippen LogP contribution is 2.09. The average Bonchev–Trinajstić information content (AvgIpc) is 2.12. The van der Waals surface area contributed by atoms with Gasteiger partial charge in [0.15, 0.2) is 0 Å². The molecule has 0 saturated heterocycles. The topological polar surface area (TPSA) is 58.6 Å². The lowest BCUT2D eigenvalue weighted by molar-refractivity contribution is 0.0516. The fraction of sp³-hybridized carbons (Fsp3) is 0.750. The van der Waals surface area contributed by atoms with Crippen molar-refractivity contribution in [1.29, 1.82) is 0 Å². The lowest BCUT2D eigenvalue weighted by atomic mass is 10.0. The molecule has 0 aromatic heterocycles. The van der Waals surface area contributed by atoms with Gasteiger partial charge in [0.25, 0.3) is 0 Å². The van der Waals surface area contributed by atoms with Gasteiger partial charge < -0.3 is 15.2 Å². The zero-order valence-corrected chi connectivity index (χ0v) is 10.5. The summed E-state index contributed by atoms with van der Waals surface area (Å²) in [5, 5.41) is 11.5. The standard InChI is InChI=1S/C12H23NO3/c1-5-6-10(7-8-14)9-13-11(15)16-12(2,3)4/h5,10,14H,1,6-9H2,2-4H3,(H,13,15). The predicted octanol–water partition coefficient (Wildman–Crippen LogP) is 2.09. The van der Waals surface area contributed by atoms with Crippen LogP contribution in [0.2, 0.25) is 0 Å². The fourth-order valence-electron chi connectivity index (χ4n) is 1.26. The van der Waals surface area contributed by atoms with Crippen molar-refractivity contribution in [3.05, 3.63) is 12.7 Å². The van der Waals surface area contributed by atoms with E-state index in [0.717, 1.165) is 6.42 Å². The zero-order chi connectivity index (χ0) is 12.6. The molecule has 4 heteroatoms. The number of alkyl carbamates (subject to hydrolysis) is 1. The lowest BCUT2D eigenvalue weighted by Gasteiger charge is -2.21. The Labute approximate surface area is 97.7 Å². The second-order valence-corrected chi connectivity index (χ2v) is 4.79. The summed E-state index contributed by atoms with van der Waals surface area (Å²) in [6.07, 6.45) is 2.80. The molecule has 0 radical (unpaired) electrons. The Bertz CT molecular complexity index is 221. The van der Waals surface area contributed by atoms with E-state index < -0.39 is 11.7 Å². The highest BCUT2D eigenvalue weighted by molar-refractivity contribution is 5.67. The molecule has 1 atom stereocenters. The first kappa shape index (κ1) is 15.0. The third-order valence-electron chi connectivity index (χ3n) is 1.97. The van der Waals surface area contributed by atoms with Crippen LogP contribution in [0.4, 0.5) is 4.79 Å². The Morgan fingerprint density at radius 2 is 2.19 bits per heavy atom. The molecule has 16 heavy (non-hydrogen) atoms. The molecule has 94 valence electrons. The second kappa shape index (κ2) is 7.28. The summed E-state index contributed by atoms with van der Waals surface area (Å²) >= 11 is 0. The highest BCUT2D eigenvalue weighted by atomic mass is 16.6. The molecule has 0 aromatic rings. The number of aliphatic hydroxyl groups is 1. The van der Waals surface area contributed by atoms with Gasteiger partial charge in [0, 0.05) is 13.2 Å². The molecule has 0 bridgehead atoms. The van der Waals surface area contributed by atoms with Crippen LogP contribution < -0.4 is 5.32 Å². The molecule has 1 amide bonds. The van der Waals surface area contributed by atoms with Crippen molar-refractivity contribution in [2.24, 2.45) is 5.92 Å². The van der Waals surface area contributed by atoms with E-state index in [-0.39, 0.29) is 12.5 Å². The molecule has 0 aliphatic heterocycles. The molecule has 0 aromatic carbocycles. The van der Waals surface area contributed by atoms with Gasteiger partial charge >= 0.3 is 6.09 Å². The average molecular weight is 229 g/mol. The van der Waals surface area contributed by atoms with Crippen LogP contribution in [0.1, 0.15) is 33.6 Å². The monoisotopic (exact) mass is 229 g/mol. The maximum Gasteiger partial charge on any atom is 0.407 e. The summed E-state index contributed by atoms with van der Waals surface area (Å²) < 4.78 is 5.11. The first-order chi connectivity index (χ1) is 7.39. The van der Waals surface area contributed by atoms with Gasteiger partial charge in [-0.2, -0.15) is 0 Å². The predicted molar refractivity (Wildman–Crippen MR) is 64.2 cm³/mol. The van der Waals surface area contributed by atoms with Gasteiger partial charge in [-0.25, -0.2) is 4.79 Å². The fourth-order valence-corrected chi connectivity index (χ4v) is 1.26. The minimum absolute atomic E-state index is 0.120. The van der Waals surface area contributed by atoms with E-state index in [2.05, 4.69) is 11.9 Å². The van der Waals surface area contributed by atoms with E-state index in [0.29, 0.717) is 13.0 Å². The third-order valence-corrected chi connectivity index (χ3v) is 1.97. The number of carbonyl (C=O) groups excluding carboxylic acids is 1. The maximum atomic E-state index is 11.3. The Hall–Kier alpha value is -1.03. The number of hydrogen-bond donors (Lipinski definition) is 2. The number of carbonyl (C=O) groups is 1. The van der Waals surface area contributed by atoms with Crippen LogP contribution in [0.25, 0.3) is 0 Å². The second-order valence-electron chi connectivity index (χ2n) is 4.79. The van der Waals surface area contributed by atoms with Gasteiger partial charge in [0.05, 0.1) is 0 Å². The number of amides is 1.